The molecule has 0 aliphatic rings. The number of hydrogen-bond donors (Lipinski definition) is 1. The van der Waals surface area contributed by atoms with E-state index in [1.165, 1.54) is 27.6 Å². The van der Waals surface area contributed by atoms with Crippen LogP contribution in [-0.2, 0) is 6.54 Å². The summed E-state index contributed by atoms with van der Waals surface area (Å²) in [6, 6.07) is 4.57. The average molecular weight is 245 g/mol. The lowest BCUT2D eigenvalue weighted by atomic mass is 9.99. The van der Waals surface area contributed by atoms with Gasteiger partial charge in [0.25, 0.3) is 0 Å². The van der Waals surface area contributed by atoms with Crippen LogP contribution in [-0.4, -0.2) is 16.3 Å². The summed E-state index contributed by atoms with van der Waals surface area (Å²) < 4.78 is 2.29. The highest BCUT2D eigenvalue weighted by molar-refractivity contribution is 5.86. The van der Waals surface area contributed by atoms with E-state index >= 15 is 0 Å². The highest BCUT2D eigenvalue weighted by Crippen LogP contribution is 2.30. The molecule has 1 aromatic carbocycles. The zero-order chi connectivity index (χ0) is 13.3. The molecule has 1 heterocycles. The van der Waals surface area contributed by atoms with Crippen molar-refractivity contribution in [1.29, 1.82) is 0 Å². The lowest BCUT2D eigenvalue weighted by molar-refractivity contribution is 0.280. The highest BCUT2D eigenvalue weighted by atomic mass is 16.3. The van der Waals surface area contributed by atoms with E-state index in [1.807, 2.05) is 0 Å². The van der Waals surface area contributed by atoms with Crippen LogP contribution in [0.1, 0.15) is 42.9 Å². The molecule has 18 heavy (non-hydrogen) atoms. The summed E-state index contributed by atoms with van der Waals surface area (Å²) in [5.41, 5.74) is 5.40. The molecule has 0 unspecified atom stereocenters. The molecule has 0 atom stereocenters. The number of aliphatic hydroxyl groups is 1. The SMILES string of the molecule is Cc1cc2c(C(C)C)cn(CCCO)c2cc1C. The third-order valence-corrected chi connectivity index (χ3v) is 3.71. The van der Waals surface area contributed by atoms with E-state index in [0.29, 0.717) is 5.92 Å². The second kappa shape index (κ2) is 5.15. The van der Waals surface area contributed by atoms with Crippen LogP contribution in [0.3, 0.4) is 0 Å². The van der Waals surface area contributed by atoms with Crippen molar-refractivity contribution in [2.45, 2.75) is 46.6 Å². The largest absolute Gasteiger partial charge is 0.396 e. The van der Waals surface area contributed by atoms with E-state index < -0.39 is 0 Å². The van der Waals surface area contributed by atoms with E-state index in [9.17, 15) is 0 Å². The molecule has 2 nitrogen and oxygen atoms in total. The van der Waals surface area contributed by atoms with E-state index in [-0.39, 0.29) is 6.61 Å². The predicted molar refractivity (Wildman–Crippen MR) is 77.2 cm³/mol. The van der Waals surface area contributed by atoms with Crippen LogP contribution in [0.2, 0.25) is 0 Å². The Labute approximate surface area is 109 Å². The Morgan fingerprint density at radius 2 is 1.83 bits per heavy atom. The number of aliphatic hydroxyl groups excluding tert-OH is 1. The van der Waals surface area contributed by atoms with Crippen molar-refractivity contribution in [1.82, 2.24) is 4.57 Å². The first-order valence-corrected chi connectivity index (χ1v) is 6.75. The van der Waals surface area contributed by atoms with Crippen molar-refractivity contribution >= 4 is 10.9 Å². The van der Waals surface area contributed by atoms with Crippen LogP contribution in [0.25, 0.3) is 10.9 Å². The van der Waals surface area contributed by atoms with Crippen LogP contribution < -0.4 is 0 Å². The van der Waals surface area contributed by atoms with Crippen molar-refractivity contribution in [3.63, 3.8) is 0 Å². The van der Waals surface area contributed by atoms with Crippen molar-refractivity contribution in [2.24, 2.45) is 0 Å². The van der Waals surface area contributed by atoms with Crippen LogP contribution >= 0.6 is 0 Å². The molecule has 0 fully saturated rings. The Morgan fingerprint density at radius 3 is 2.44 bits per heavy atom. The second-order valence-electron chi connectivity index (χ2n) is 5.46. The fourth-order valence-electron chi connectivity index (χ4n) is 2.46. The number of hydrogen-bond acceptors (Lipinski definition) is 1. The quantitative estimate of drug-likeness (QED) is 0.871. The minimum absolute atomic E-state index is 0.252. The molecule has 0 bridgehead atoms. The van der Waals surface area contributed by atoms with Gasteiger partial charge in [0.15, 0.2) is 0 Å². The monoisotopic (exact) mass is 245 g/mol. The van der Waals surface area contributed by atoms with Crippen LogP contribution in [0.5, 0.6) is 0 Å². The van der Waals surface area contributed by atoms with Gasteiger partial charge in [0.1, 0.15) is 0 Å². The van der Waals surface area contributed by atoms with Crippen molar-refractivity contribution < 1.29 is 5.11 Å². The molecular formula is C16H23NO. The standard InChI is InChI=1S/C16H23NO/c1-11(2)15-10-17(6-5-7-18)16-9-13(4)12(3)8-14(15)16/h8-11,18H,5-7H2,1-4H3. The number of rotatable bonds is 4. The Balaban J connectivity index is 2.61. The zero-order valence-electron chi connectivity index (χ0n) is 11.8. The fourth-order valence-corrected chi connectivity index (χ4v) is 2.46. The molecule has 0 saturated carbocycles. The van der Waals surface area contributed by atoms with Crippen LogP contribution in [0, 0.1) is 13.8 Å². The molecular weight excluding hydrogens is 222 g/mol. The summed E-state index contributed by atoms with van der Waals surface area (Å²) in [4.78, 5) is 0. The highest BCUT2D eigenvalue weighted by Gasteiger charge is 2.12. The Morgan fingerprint density at radius 1 is 1.17 bits per heavy atom. The first-order chi connectivity index (χ1) is 8.54. The van der Waals surface area contributed by atoms with Gasteiger partial charge in [-0.2, -0.15) is 0 Å². The number of fused-ring (bicyclic) bond motifs is 1. The van der Waals surface area contributed by atoms with Gasteiger partial charge in [-0.1, -0.05) is 13.8 Å². The second-order valence-corrected chi connectivity index (χ2v) is 5.46. The normalized spacial score (nSPS) is 11.7. The molecule has 0 spiro atoms. The van der Waals surface area contributed by atoms with Crippen LogP contribution in [0.15, 0.2) is 18.3 Å². The van der Waals surface area contributed by atoms with Gasteiger partial charge in [-0.3, -0.25) is 0 Å². The lowest BCUT2D eigenvalue weighted by Crippen LogP contribution is -1.98. The van der Waals surface area contributed by atoms with Gasteiger partial charge >= 0.3 is 0 Å². The molecule has 0 amide bonds. The summed E-state index contributed by atoms with van der Waals surface area (Å²) in [5.74, 6) is 0.532. The molecule has 98 valence electrons. The molecule has 2 heteroatoms. The van der Waals surface area contributed by atoms with E-state index in [0.717, 1.165) is 13.0 Å². The minimum atomic E-state index is 0.252. The molecule has 0 radical (unpaired) electrons. The Hall–Kier alpha value is -1.28. The molecule has 1 N–H and O–H groups in total. The van der Waals surface area contributed by atoms with Gasteiger partial charge in [0.05, 0.1) is 0 Å². The first kappa shape index (κ1) is 13.2. The van der Waals surface area contributed by atoms with Crippen molar-refractivity contribution in [2.75, 3.05) is 6.61 Å². The lowest BCUT2D eigenvalue weighted by Gasteiger charge is -2.06. The van der Waals surface area contributed by atoms with Gasteiger partial charge in [0, 0.05) is 30.3 Å². The van der Waals surface area contributed by atoms with Gasteiger partial charge < -0.3 is 9.67 Å². The molecule has 1 aromatic heterocycles. The van der Waals surface area contributed by atoms with E-state index in [4.69, 9.17) is 5.11 Å². The third kappa shape index (κ3) is 2.30. The zero-order valence-corrected chi connectivity index (χ0v) is 11.8. The van der Waals surface area contributed by atoms with Gasteiger partial charge in [0.2, 0.25) is 0 Å². The maximum Gasteiger partial charge on any atom is 0.0486 e. The number of aromatic nitrogens is 1. The first-order valence-electron chi connectivity index (χ1n) is 6.75. The summed E-state index contributed by atoms with van der Waals surface area (Å²) in [5, 5.41) is 10.4. The summed E-state index contributed by atoms with van der Waals surface area (Å²) >= 11 is 0. The maximum absolute atomic E-state index is 9.00. The summed E-state index contributed by atoms with van der Waals surface area (Å²) in [7, 11) is 0. The molecule has 2 rings (SSSR count). The Kier molecular flexibility index (Phi) is 3.76. The van der Waals surface area contributed by atoms with E-state index in [1.54, 1.807) is 0 Å². The van der Waals surface area contributed by atoms with E-state index in [2.05, 4.69) is 50.6 Å². The number of aryl methyl sites for hydroxylation is 3. The van der Waals surface area contributed by atoms with Crippen LogP contribution in [0.4, 0.5) is 0 Å². The summed E-state index contributed by atoms with van der Waals surface area (Å²) in [6.07, 6.45) is 3.07. The van der Waals surface area contributed by atoms with Crippen molar-refractivity contribution in [3.05, 3.63) is 35.0 Å². The molecule has 0 aliphatic heterocycles. The predicted octanol–water partition coefficient (Wildman–Crippen LogP) is 3.76. The van der Waals surface area contributed by atoms with Crippen molar-refractivity contribution in [3.8, 4) is 0 Å². The van der Waals surface area contributed by atoms with Gasteiger partial charge in [-0.15, -0.1) is 0 Å². The smallest absolute Gasteiger partial charge is 0.0486 e. The Bertz CT molecular complexity index is 552. The molecule has 0 saturated heterocycles. The molecule has 0 aliphatic carbocycles. The maximum atomic E-state index is 9.00. The number of nitrogens with zero attached hydrogens (tertiary/aromatic N) is 1. The average Bonchev–Trinajstić information content (AvgIpc) is 2.66. The third-order valence-electron chi connectivity index (χ3n) is 3.71. The van der Waals surface area contributed by atoms with Gasteiger partial charge in [-0.25, -0.2) is 0 Å². The van der Waals surface area contributed by atoms with Gasteiger partial charge in [-0.05, 0) is 55.0 Å². The fraction of sp³-hybridized carbons (Fsp3) is 0.500. The minimum Gasteiger partial charge on any atom is -0.396 e. The molecule has 2 aromatic rings. The number of benzene rings is 1. The summed E-state index contributed by atoms with van der Waals surface area (Å²) in [6.45, 7) is 9.95. The topological polar surface area (TPSA) is 25.2 Å².